The van der Waals surface area contributed by atoms with Gasteiger partial charge in [0.25, 0.3) is 0 Å². The molecule has 0 spiro atoms. The predicted molar refractivity (Wildman–Crippen MR) is 108 cm³/mol. The van der Waals surface area contributed by atoms with Crippen LogP contribution in [0.2, 0.25) is 0 Å². The van der Waals surface area contributed by atoms with Gasteiger partial charge in [0, 0.05) is 24.6 Å². The van der Waals surface area contributed by atoms with Crippen molar-refractivity contribution < 1.29 is 4.79 Å². The number of carbonyl (C=O) groups excluding carboxylic acids is 1. The third-order valence-electron chi connectivity index (χ3n) is 4.28. The second-order valence-electron chi connectivity index (χ2n) is 7.54. The summed E-state index contributed by atoms with van der Waals surface area (Å²) in [4.78, 5) is 14.8. The van der Waals surface area contributed by atoms with Crippen molar-refractivity contribution in [3.63, 3.8) is 0 Å². The maximum absolute atomic E-state index is 12.5. The minimum absolute atomic E-state index is 0.000157. The van der Waals surface area contributed by atoms with Crippen molar-refractivity contribution in [2.75, 3.05) is 23.3 Å². The van der Waals surface area contributed by atoms with E-state index in [1.165, 1.54) is 0 Å². The molecule has 25 heavy (non-hydrogen) atoms. The maximum Gasteiger partial charge on any atom is 0.228 e. The molecule has 0 aliphatic rings. The fourth-order valence-corrected chi connectivity index (χ4v) is 4.20. The van der Waals surface area contributed by atoms with Gasteiger partial charge >= 0.3 is 0 Å². The van der Waals surface area contributed by atoms with Gasteiger partial charge in [0.1, 0.15) is 11.1 Å². The van der Waals surface area contributed by atoms with Crippen LogP contribution in [-0.2, 0) is 4.79 Å². The standard InChI is InChI=1S/C20H33N3OS/c1-8-16(9-2)18(24)22-19-17(10-21)15(7)20(25-19)23(11-13(3)4)12-14(5)6/h13-14,16H,8-9,11-12H2,1-7H3,(H,22,24). The van der Waals surface area contributed by atoms with Crippen molar-refractivity contribution in [2.24, 2.45) is 17.8 Å². The highest BCUT2D eigenvalue weighted by Crippen LogP contribution is 2.40. The monoisotopic (exact) mass is 363 g/mol. The van der Waals surface area contributed by atoms with E-state index in [0.29, 0.717) is 22.4 Å². The Hall–Kier alpha value is -1.54. The Morgan fingerprint density at radius 1 is 1.16 bits per heavy atom. The molecule has 0 atom stereocenters. The molecule has 140 valence electrons. The highest BCUT2D eigenvalue weighted by atomic mass is 32.1. The number of nitrogens with zero attached hydrogens (tertiary/aromatic N) is 2. The molecular formula is C20H33N3OS. The van der Waals surface area contributed by atoms with Crippen molar-refractivity contribution in [1.82, 2.24) is 0 Å². The number of amides is 1. The lowest BCUT2D eigenvalue weighted by Crippen LogP contribution is -2.31. The molecular weight excluding hydrogens is 330 g/mol. The number of rotatable bonds is 9. The van der Waals surface area contributed by atoms with E-state index in [2.05, 4.69) is 44.0 Å². The number of nitriles is 1. The van der Waals surface area contributed by atoms with Gasteiger partial charge in [-0.2, -0.15) is 5.26 Å². The van der Waals surface area contributed by atoms with Gasteiger partial charge in [0.15, 0.2) is 0 Å². The highest BCUT2D eigenvalue weighted by molar-refractivity contribution is 7.20. The Kier molecular flexibility index (Phi) is 8.44. The zero-order chi connectivity index (χ0) is 19.1. The third-order valence-corrected chi connectivity index (χ3v) is 5.55. The van der Waals surface area contributed by atoms with Crippen molar-refractivity contribution in [3.8, 4) is 6.07 Å². The topological polar surface area (TPSA) is 56.1 Å². The van der Waals surface area contributed by atoms with E-state index in [1.807, 2.05) is 20.8 Å². The summed E-state index contributed by atoms with van der Waals surface area (Å²) in [6.07, 6.45) is 1.63. The Morgan fingerprint density at radius 3 is 2.08 bits per heavy atom. The lowest BCUT2D eigenvalue weighted by Gasteiger charge is -2.27. The SMILES string of the molecule is CCC(CC)C(=O)Nc1sc(N(CC(C)C)CC(C)C)c(C)c1C#N. The van der Waals surface area contributed by atoms with Crippen LogP contribution in [0.15, 0.2) is 0 Å². The molecule has 0 aliphatic carbocycles. The second-order valence-corrected chi connectivity index (χ2v) is 8.54. The normalized spacial score (nSPS) is 11.2. The first kappa shape index (κ1) is 21.5. The Labute approximate surface area is 157 Å². The zero-order valence-electron chi connectivity index (χ0n) is 16.8. The second kappa shape index (κ2) is 9.82. The summed E-state index contributed by atoms with van der Waals surface area (Å²) in [5, 5.41) is 14.4. The van der Waals surface area contributed by atoms with Crippen LogP contribution < -0.4 is 10.2 Å². The molecule has 5 heteroatoms. The maximum atomic E-state index is 12.5. The average molecular weight is 364 g/mol. The molecule has 0 saturated carbocycles. The summed E-state index contributed by atoms with van der Waals surface area (Å²) < 4.78 is 0. The molecule has 1 aromatic rings. The number of thiophene rings is 1. The number of hydrogen-bond acceptors (Lipinski definition) is 4. The minimum atomic E-state index is -0.000157. The van der Waals surface area contributed by atoms with Crippen LogP contribution in [0, 0.1) is 36.0 Å². The average Bonchev–Trinajstić information content (AvgIpc) is 2.82. The molecule has 0 fully saturated rings. The van der Waals surface area contributed by atoms with Crippen LogP contribution >= 0.6 is 11.3 Å². The fraction of sp³-hybridized carbons (Fsp3) is 0.700. The first-order chi connectivity index (χ1) is 11.7. The molecule has 0 radical (unpaired) electrons. The van der Waals surface area contributed by atoms with E-state index in [4.69, 9.17) is 0 Å². The third kappa shape index (κ3) is 5.74. The van der Waals surface area contributed by atoms with Gasteiger partial charge in [-0.05, 0) is 31.6 Å². The predicted octanol–water partition coefficient (Wildman–Crippen LogP) is 5.42. The van der Waals surface area contributed by atoms with Gasteiger partial charge in [-0.3, -0.25) is 4.79 Å². The Morgan fingerprint density at radius 2 is 1.68 bits per heavy atom. The summed E-state index contributed by atoms with van der Waals surface area (Å²) in [6, 6.07) is 2.30. The molecule has 0 saturated heterocycles. The fourth-order valence-electron chi connectivity index (χ4n) is 3.02. The lowest BCUT2D eigenvalue weighted by molar-refractivity contribution is -0.120. The summed E-state index contributed by atoms with van der Waals surface area (Å²) >= 11 is 1.54. The van der Waals surface area contributed by atoms with Crippen molar-refractivity contribution in [2.45, 2.75) is 61.3 Å². The molecule has 1 rings (SSSR count). The van der Waals surface area contributed by atoms with Crippen LogP contribution in [0.4, 0.5) is 10.0 Å². The first-order valence-corrected chi connectivity index (χ1v) is 10.2. The molecule has 1 aromatic heterocycles. The van der Waals surface area contributed by atoms with E-state index in [9.17, 15) is 10.1 Å². The van der Waals surface area contributed by atoms with Crippen LogP contribution in [0.3, 0.4) is 0 Å². The zero-order valence-corrected chi connectivity index (χ0v) is 17.6. The molecule has 0 aromatic carbocycles. The number of anilines is 2. The van der Waals surface area contributed by atoms with Crippen LogP contribution in [-0.4, -0.2) is 19.0 Å². The molecule has 1 amide bonds. The van der Waals surface area contributed by atoms with Crippen LogP contribution in [0.1, 0.15) is 65.5 Å². The van der Waals surface area contributed by atoms with E-state index in [1.54, 1.807) is 11.3 Å². The molecule has 0 unspecified atom stereocenters. The van der Waals surface area contributed by atoms with Crippen LogP contribution in [0.5, 0.6) is 0 Å². The van der Waals surface area contributed by atoms with Gasteiger partial charge in [-0.25, -0.2) is 0 Å². The van der Waals surface area contributed by atoms with E-state index < -0.39 is 0 Å². The summed E-state index contributed by atoms with van der Waals surface area (Å²) in [5.74, 6) is 1.09. The van der Waals surface area contributed by atoms with Crippen molar-refractivity contribution in [3.05, 3.63) is 11.1 Å². The Balaban J connectivity index is 3.20. The van der Waals surface area contributed by atoms with Crippen molar-refractivity contribution >= 4 is 27.2 Å². The first-order valence-electron chi connectivity index (χ1n) is 9.34. The minimum Gasteiger partial charge on any atom is -0.363 e. The van der Waals surface area contributed by atoms with E-state index in [-0.39, 0.29) is 11.8 Å². The van der Waals surface area contributed by atoms with E-state index >= 15 is 0 Å². The Bertz CT molecular complexity index is 599. The largest absolute Gasteiger partial charge is 0.363 e. The smallest absolute Gasteiger partial charge is 0.228 e. The lowest BCUT2D eigenvalue weighted by atomic mass is 10.0. The molecule has 4 nitrogen and oxygen atoms in total. The quantitative estimate of drug-likeness (QED) is 0.637. The molecule has 0 aliphatic heterocycles. The van der Waals surface area contributed by atoms with Crippen molar-refractivity contribution in [1.29, 1.82) is 5.26 Å². The van der Waals surface area contributed by atoms with Gasteiger partial charge in [-0.15, -0.1) is 0 Å². The number of nitrogens with one attached hydrogen (secondary N) is 1. The van der Waals surface area contributed by atoms with Gasteiger partial charge in [-0.1, -0.05) is 52.9 Å². The summed E-state index contributed by atoms with van der Waals surface area (Å²) in [5.41, 5.74) is 1.59. The van der Waals surface area contributed by atoms with Gasteiger partial charge < -0.3 is 10.2 Å². The number of carbonyl (C=O) groups is 1. The summed E-state index contributed by atoms with van der Waals surface area (Å²) in [7, 11) is 0. The summed E-state index contributed by atoms with van der Waals surface area (Å²) in [6.45, 7) is 16.8. The van der Waals surface area contributed by atoms with Gasteiger partial charge in [0.05, 0.1) is 10.6 Å². The highest BCUT2D eigenvalue weighted by Gasteiger charge is 2.23. The van der Waals surface area contributed by atoms with Gasteiger partial charge in [0.2, 0.25) is 5.91 Å². The molecule has 0 bridgehead atoms. The molecule has 1 heterocycles. The van der Waals surface area contributed by atoms with Crippen LogP contribution in [0.25, 0.3) is 0 Å². The molecule has 1 N–H and O–H groups in total. The van der Waals surface area contributed by atoms with E-state index in [0.717, 1.165) is 36.5 Å². The number of hydrogen-bond donors (Lipinski definition) is 1.